The van der Waals surface area contributed by atoms with Crippen LogP contribution in [0.15, 0.2) is 23.8 Å². The van der Waals surface area contributed by atoms with Crippen LogP contribution in [0.4, 0.5) is 0 Å². The second kappa shape index (κ2) is 2.99. The summed E-state index contributed by atoms with van der Waals surface area (Å²) in [5.41, 5.74) is 6.95. The van der Waals surface area contributed by atoms with Crippen LogP contribution in [0.1, 0.15) is 30.2 Å². The third kappa shape index (κ3) is 1.30. The second-order valence-electron chi connectivity index (χ2n) is 4.54. The predicted octanol–water partition coefficient (Wildman–Crippen LogP) is 3.83. The summed E-state index contributed by atoms with van der Waals surface area (Å²) in [6, 6.07) is 6.69. The number of aryl methyl sites for hydroxylation is 2. The molecular weight excluding hydrogens is 182 g/mol. The van der Waals surface area contributed by atoms with Crippen LogP contribution in [0.25, 0.3) is 17.0 Å². The van der Waals surface area contributed by atoms with Crippen molar-refractivity contribution in [3.8, 4) is 0 Å². The Bertz CT molecular complexity index is 558. The Labute approximate surface area is 89.8 Å². The number of nitrogens with one attached hydrogen (secondary N) is 1. The van der Waals surface area contributed by atoms with E-state index in [4.69, 9.17) is 0 Å². The van der Waals surface area contributed by atoms with Gasteiger partial charge in [0, 0.05) is 16.6 Å². The first kappa shape index (κ1) is 8.78. The van der Waals surface area contributed by atoms with Gasteiger partial charge < -0.3 is 4.98 Å². The minimum atomic E-state index is 1.19. The van der Waals surface area contributed by atoms with Gasteiger partial charge in [-0.3, -0.25) is 0 Å². The van der Waals surface area contributed by atoms with Gasteiger partial charge in [0.1, 0.15) is 0 Å². The third-order valence-corrected chi connectivity index (χ3v) is 3.26. The highest BCUT2D eigenvalue weighted by atomic mass is 14.7. The molecule has 15 heavy (non-hydrogen) atoms. The molecule has 1 nitrogen and oxygen atoms in total. The molecule has 1 heteroatoms. The molecule has 3 rings (SSSR count). The topological polar surface area (TPSA) is 15.8 Å². The van der Waals surface area contributed by atoms with Gasteiger partial charge >= 0.3 is 0 Å². The molecule has 0 bridgehead atoms. The number of fused-ring (bicyclic) bond motifs is 3. The molecule has 0 aliphatic heterocycles. The number of aromatic nitrogens is 1. The van der Waals surface area contributed by atoms with E-state index < -0.39 is 0 Å². The summed E-state index contributed by atoms with van der Waals surface area (Å²) in [5.74, 6) is 0. The molecule has 0 saturated heterocycles. The summed E-state index contributed by atoms with van der Waals surface area (Å²) >= 11 is 0. The number of rotatable bonds is 0. The Morgan fingerprint density at radius 1 is 1.13 bits per heavy atom. The minimum absolute atomic E-state index is 1.19. The smallest absolute Gasteiger partial charge is 0.0459 e. The first-order valence-corrected chi connectivity index (χ1v) is 5.52. The maximum Gasteiger partial charge on any atom is 0.0459 e. The van der Waals surface area contributed by atoms with Crippen molar-refractivity contribution in [3.05, 3.63) is 40.6 Å². The van der Waals surface area contributed by atoms with Gasteiger partial charge in [-0.1, -0.05) is 17.7 Å². The van der Waals surface area contributed by atoms with Crippen molar-refractivity contribution in [1.82, 2.24) is 4.98 Å². The zero-order valence-electron chi connectivity index (χ0n) is 9.22. The SMILES string of the molecule is CC1=Cc2ccc3[nH]c(C)cc3c2CC1. The molecule has 0 fully saturated rings. The van der Waals surface area contributed by atoms with Crippen LogP contribution in [0.2, 0.25) is 0 Å². The normalized spacial score (nSPS) is 15.2. The lowest BCUT2D eigenvalue weighted by atomic mass is 9.90. The van der Waals surface area contributed by atoms with Crippen molar-refractivity contribution in [2.45, 2.75) is 26.7 Å². The molecule has 1 aliphatic rings. The highest BCUT2D eigenvalue weighted by molar-refractivity contribution is 5.88. The van der Waals surface area contributed by atoms with Gasteiger partial charge in [-0.25, -0.2) is 0 Å². The van der Waals surface area contributed by atoms with E-state index in [1.165, 1.54) is 46.1 Å². The number of aromatic amines is 1. The number of hydrogen-bond acceptors (Lipinski definition) is 0. The van der Waals surface area contributed by atoms with E-state index in [1.54, 1.807) is 0 Å². The van der Waals surface area contributed by atoms with E-state index in [0.717, 1.165) is 0 Å². The molecule has 0 radical (unpaired) electrons. The van der Waals surface area contributed by atoms with Crippen molar-refractivity contribution in [2.24, 2.45) is 0 Å². The van der Waals surface area contributed by atoms with E-state index in [0.29, 0.717) is 0 Å². The van der Waals surface area contributed by atoms with Crippen molar-refractivity contribution in [2.75, 3.05) is 0 Å². The Balaban J connectivity index is 2.34. The third-order valence-electron chi connectivity index (χ3n) is 3.26. The van der Waals surface area contributed by atoms with Crippen LogP contribution in [0.3, 0.4) is 0 Å². The maximum atomic E-state index is 3.40. The molecule has 2 aromatic rings. The molecule has 0 atom stereocenters. The molecule has 1 aromatic carbocycles. The van der Waals surface area contributed by atoms with Crippen LogP contribution >= 0.6 is 0 Å². The average Bonchev–Trinajstić information content (AvgIpc) is 2.58. The van der Waals surface area contributed by atoms with E-state index in [1.807, 2.05) is 0 Å². The van der Waals surface area contributed by atoms with Gasteiger partial charge in [0.15, 0.2) is 0 Å². The molecule has 0 spiro atoms. The zero-order chi connectivity index (χ0) is 10.4. The molecule has 1 N–H and O–H groups in total. The quantitative estimate of drug-likeness (QED) is 0.660. The van der Waals surface area contributed by atoms with Crippen LogP contribution in [0, 0.1) is 6.92 Å². The van der Waals surface area contributed by atoms with Gasteiger partial charge in [0.05, 0.1) is 0 Å². The summed E-state index contributed by atoms with van der Waals surface area (Å²) < 4.78 is 0. The van der Waals surface area contributed by atoms with Crippen molar-refractivity contribution >= 4 is 17.0 Å². The second-order valence-corrected chi connectivity index (χ2v) is 4.54. The monoisotopic (exact) mass is 197 g/mol. The van der Waals surface area contributed by atoms with Gasteiger partial charge in [0.2, 0.25) is 0 Å². The zero-order valence-corrected chi connectivity index (χ0v) is 9.22. The van der Waals surface area contributed by atoms with Gasteiger partial charge in [0.25, 0.3) is 0 Å². The fourth-order valence-corrected chi connectivity index (χ4v) is 2.49. The lowest BCUT2D eigenvalue weighted by molar-refractivity contribution is 0.936. The first-order valence-electron chi connectivity index (χ1n) is 5.52. The van der Waals surface area contributed by atoms with Crippen molar-refractivity contribution in [3.63, 3.8) is 0 Å². The van der Waals surface area contributed by atoms with Crippen LogP contribution in [0.5, 0.6) is 0 Å². The molecule has 1 aromatic heterocycles. The van der Waals surface area contributed by atoms with Crippen LogP contribution in [-0.4, -0.2) is 4.98 Å². The van der Waals surface area contributed by atoms with E-state index in [2.05, 4.69) is 43.1 Å². The fraction of sp³-hybridized carbons (Fsp3) is 0.286. The van der Waals surface area contributed by atoms with Crippen molar-refractivity contribution < 1.29 is 0 Å². The Kier molecular flexibility index (Phi) is 1.75. The summed E-state index contributed by atoms with van der Waals surface area (Å²) in [6.45, 7) is 4.34. The molecule has 0 unspecified atom stereocenters. The van der Waals surface area contributed by atoms with Gasteiger partial charge in [-0.2, -0.15) is 0 Å². The Hall–Kier alpha value is -1.50. The van der Waals surface area contributed by atoms with E-state index >= 15 is 0 Å². The molecule has 0 amide bonds. The van der Waals surface area contributed by atoms with Gasteiger partial charge in [-0.05, 0) is 49.9 Å². The Morgan fingerprint density at radius 2 is 2.00 bits per heavy atom. The standard InChI is InChI=1S/C14H15N/c1-9-3-5-12-11(7-9)4-6-14-13(12)8-10(2)15-14/h4,6-8,15H,3,5H2,1-2H3. The maximum absolute atomic E-state index is 3.40. The summed E-state index contributed by atoms with van der Waals surface area (Å²) in [4.78, 5) is 3.40. The highest BCUT2D eigenvalue weighted by Gasteiger charge is 2.12. The molecule has 1 heterocycles. The summed E-state index contributed by atoms with van der Waals surface area (Å²) in [7, 11) is 0. The number of hydrogen-bond donors (Lipinski definition) is 1. The largest absolute Gasteiger partial charge is 0.359 e. The molecule has 76 valence electrons. The average molecular weight is 197 g/mol. The molecule has 0 saturated carbocycles. The summed E-state index contributed by atoms with van der Waals surface area (Å²) in [6.07, 6.45) is 4.71. The van der Waals surface area contributed by atoms with E-state index in [-0.39, 0.29) is 0 Å². The first-order chi connectivity index (χ1) is 7.24. The van der Waals surface area contributed by atoms with Crippen LogP contribution < -0.4 is 0 Å². The highest BCUT2D eigenvalue weighted by Crippen LogP contribution is 2.30. The number of benzene rings is 1. The molecule has 1 aliphatic carbocycles. The van der Waals surface area contributed by atoms with Crippen molar-refractivity contribution in [1.29, 1.82) is 0 Å². The van der Waals surface area contributed by atoms with Crippen LogP contribution in [-0.2, 0) is 6.42 Å². The lowest BCUT2D eigenvalue weighted by Crippen LogP contribution is -1.97. The minimum Gasteiger partial charge on any atom is -0.359 e. The summed E-state index contributed by atoms with van der Waals surface area (Å²) in [5, 5.41) is 1.41. The number of allylic oxidation sites excluding steroid dienone is 1. The number of H-pyrrole nitrogens is 1. The van der Waals surface area contributed by atoms with Gasteiger partial charge in [-0.15, -0.1) is 0 Å². The molecular formula is C14H15N. The fourth-order valence-electron chi connectivity index (χ4n) is 2.49. The van der Waals surface area contributed by atoms with E-state index in [9.17, 15) is 0 Å². The Morgan fingerprint density at radius 3 is 2.87 bits per heavy atom. The predicted molar refractivity (Wildman–Crippen MR) is 65.0 cm³/mol. The lowest BCUT2D eigenvalue weighted by Gasteiger charge is -2.14.